The maximum Gasteiger partial charge on any atom is 0.182 e. The van der Waals surface area contributed by atoms with Crippen molar-refractivity contribution in [2.45, 2.75) is 44.9 Å². The Balaban J connectivity index is 1.54. The van der Waals surface area contributed by atoms with E-state index in [2.05, 4.69) is 66.1 Å². The first-order chi connectivity index (χ1) is 11.9. The molecule has 4 heterocycles. The zero-order valence-corrected chi connectivity index (χ0v) is 15.9. The average molecular weight is 360 g/mol. The molecule has 134 valence electrons. The Labute approximate surface area is 152 Å². The number of hydrogen-bond acceptors (Lipinski definition) is 8. The maximum absolute atomic E-state index is 6.17. The molecule has 2 unspecified atom stereocenters. The predicted octanol–water partition coefficient (Wildman–Crippen LogP) is 2.91. The summed E-state index contributed by atoms with van der Waals surface area (Å²) in [6.45, 7) is 11.0. The number of nitrogens with zero attached hydrogens (tertiary/aromatic N) is 5. The molecule has 0 aliphatic carbocycles. The SMILES string of the molecule is CC(C)(C)c1csc(C2(C)CN(C3=CN4NN=NC4C=C3)CCO2)n1. The van der Waals surface area contributed by atoms with Crippen molar-refractivity contribution in [3.05, 3.63) is 40.1 Å². The first kappa shape index (κ1) is 16.5. The van der Waals surface area contributed by atoms with E-state index in [0.717, 1.165) is 29.5 Å². The molecular weight excluding hydrogens is 336 g/mol. The summed E-state index contributed by atoms with van der Waals surface area (Å²) in [6, 6.07) is 0. The van der Waals surface area contributed by atoms with Crippen molar-refractivity contribution >= 4 is 11.3 Å². The minimum Gasteiger partial charge on any atom is -0.365 e. The van der Waals surface area contributed by atoms with Gasteiger partial charge in [-0.25, -0.2) is 9.99 Å². The molecule has 0 saturated carbocycles. The molecule has 4 rings (SSSR count). The van der Waals surface area contributed by atoms with Gasteiger partial charge in [-0.2, -0.15) is 5.53 Å². The number of allylic oxidation sites excluding steroid dienone is 1. The molecule has 1 N–H and O–H groups in total. The molecule has 0 amide bonds. The molecule has 0 spiro atoms. The number of nitrogens with one attached hydrogen (secondary N) is 1. The highest BCUT2D eigenvalue weighted by Gasteiger charge is 2.38. The number of rotatable bonds is 2. The average Bonchev–Trinajstić information content (AvgIpc) is 3.23. The molecule has 0 aromatic carbocycles. The van der Waals surface area contributed by atoms with Gasteiger partial charge in [-0.15, -0.1) is 16.5 Å². The van der Waals surface area contributed by atoms with Crippen molar-refractivity contribution in [2.75, 3.05) is 19.7 Å². The molecule has 1 saturated heterocycles. The molecule has 3 aliphatic heterocycles. The third-order valence-corrected chi connectivity index (χ3v) is 5.78. The Hall–Kier alpha value is -1.93. The van der Waals surface area contributed by atoms with Gasteiger partial charge in [-0.3, -0.25) is 0 Å². The van der Waals surface area contributed by atoms with Crippen molar-refractivity contribution in [1.29, 1.82) is 0 Å². The molecule has 1 aromatic rings. The molecule has 25 heavy (non-hydrogen) atoms. The Bertz CT molecular complexity index is 749. The number of thiazole rings is 1. The van der Waals surface area contributed by atoms with Crippen LogP contribution in [0.3, 0.4) is 0 Å². The normalized spacial score (nSPS) is 28.8. The lowest BCUT2D eigenvalue weighted by atomic mass is 9.93. The smallest absolute Gasteiger partial charge is 0.182 e. The Morgan fingerprint density at radius 3 is 3.00 bits per heavy atom. The summed E-state index contributed by atoms with van der Waals surface area (Å²) < 4.78 is 6.17. The predicted molar refractivity (Wildman–Crippen MR) is 96.5 cm³/mol. The molecule has 8 heteroatoms. The van der Waals surface area contributed by atoms with E-state index in [0.29, 0.717) is 6.61 Å². The van der Waals surface area contributed by atoms with Crippen LogP contribution in [0.4, 0.5) is 0 Å². The summed E-state index contributed by atoms with van der Waals surface area (Å²) in [4.78, 5) is 7.23. The van der Waals surface area contributed by atoms with Crippen LogP contribution in [-0.4, -0.2) is 40.8 Å². The van der Waals surface area contributed by atoms with Crippen LogP contribution in [0.1, 0.15) is 38.4 Å². The fourth-order valence-corrected chi connectivity index (χ4v) is 4.28. The molecular formula is C17H24N6OS. The first-order valence-corrected chi connectivity index (χ1v) is 9.42. The van der Waals surface area contributed by atoms with Crippen LogP contribution >= 0.6 is 11.3 Å². The van der Waals surface area contributed by atoms with Gasteiger partial charge in [0.25, 0.3) is 0 Å². The van der Waals surface area contributed by atoms with Gasteiger partial charge in [0, 0.05) is 23.5 Å². The Morgan fingerprint density at radius 2 is 2.24 bits per heavy atom. The highest BCUT2D eigenvalue weighted by atomic mass is 32.1. The summed E-state index contributed by atoms with van der Waals surface area (Å²) in [7, 11) is 0. The lowest BCUT2D eigenvalue weighted by Crippen LogP contribution is -2.48. The fourth-order valence-electron chi connectivity index (χ4n) is 3.13. The van der Waals surface area contributed by atoms with E-state index in [1.807, 2.05) is 11.1 Å². The van der Waals surface area contributed by atoms with Crippen molar-refractivity contribution in [1.82, 2.24) is 20.4 Å². The molecule has 0 radical (unpaired) electrons. The van der Waals surface area contributed by atoms with Crippen LogP contribution in [0.2, 0.25) is 0 Å². The van der Waals surface area contributed by atoms with E-state index < -0.39 is 5.60 Å². The van der Waals surface area contributed by atoms with Crippen LogP contribution < -0.4 is 5.53 Å². The van der Waals surface area contributed by atoms with Crippen LogP contribution in [0.15, 0.2) is 39.8 Å². The van der Waals surface area contributed by atoms with Gasteiger partial charge in [0.1, 0.15) is 10.6 Å². The number of hydrogen-bond donors (Lipinski definition) is 1. The lowest BCUT2D eigenvalue weighted by Gasteiger charge is -2.41. The standard InChI is InChI=1S/C17H24N6OS/c1-16(2,3)13-10-25-15(18-13)17(4)11-22(7-8-24-17)12-5-6-14-19-20-21-23(14)9-12/h5-6,9-10,14H,7-8,11H2,1-4H3,(H,19,21). The van der Waals surface area contributed by atoms with Crippen LogP contribution in [0.5, 0.6) is 0 Å². The van der Waals surface area contributed by atoms with Crippen LogP contribution in [-0.2, 0) is 15.8 Å². The molecule has 7 nitrogen and oxygen atoms in total. The van der Waals surface area contributed by atoms with Crippen LogP contribution in [0, 0.1) is 0 Å². The second-order valence-electron chi connectivity index (χ2n) is 7.84. The van der Waals surface area contributed by atoms with Gasteiger partial charge in [-0.05, 0) is 19.1 Å². The maximum atomic E-state index is 6.17. The van der Waals surface area contributed by atoms with Gasteiger partial charge in [-0.1, -0.05) is 26.0 Å². The van der Waals surface area contributed by atoms with Gasteiger partial charge < -0.3 is 9.64 Å². The minimum absolute atomic E-state index is 0.0375. The summed E-state index contributed by atoms with van der Waals surface area (Å²) in [5.41, 5.74) is 4.81. The van der Waals surface area contributed by atoms with E-state index in [1.165, 1.54) is 0 Å². The zero-order valence-electron chi connectivity index (χ0n) is 15.1. The number of fused-ring (bicyclic) bond motifs is 1. The van der Waals surface area contributed by atoms with Crippen LogP contribution in [0.25, 0.3) is 0 Å². The minimum atomic E-state index is -0.398. The number of ether oxygens (including phenoxy) is 1. The molecule has 0 bridgehead atoms. The van der Waals surface area contributed by atoms with E-state index in [-0.39, 0.29) is 11.6 Å². The summed E-state index contributed by atoms with van der Waals surface area (Å²) in [5.74, 6) is 0. The molecule has 1 fully saturated rings. The second-order valence-corrected chi connectivity index (χ2v) is 8.70. The van der Waals surface area contributed by atoms with Crippen molar-refractivity contribution < 1.29 is 4.74 Å². The van der Waals surface area contributed by atoms with Gasteiger partial charge in [0.15, 0.2) is 6.17 Å². The Kier molecular flexibility index (Phi) is 3.84. The monoisotopic (exact) mass is 360 g/mol. The van der Waals surface area contributed by atoms with Gasteiger partial charge in [0.05, 0.1) is 24.5 Å². The number of aromatic nitrogens is 1. The van der Waals surface area contributed by atoms with E-state index in [1.54, 1.807) is 11.3 Å². The summed E-state index contributed by atoms with van der Waals surface area (Å²) in [5, 5.41) is 13.1. The second kappa shape index (κ2) is 5.81. The number of morpholine rings is 1. The highest BCUT2D eigenvalue weighted by molar-refractivity contribution is 7.09. The first-order valence-electron chi connectivity index (χ1n) is 8.54. The summed E-state index contributed by atoms with van der Waals surface area (Å²) >= 11 is 1.69. The topological polar surface area (TPSA) is 65.3 Å². The fraction of sp³-hybridized carbons (Fsp3) is 0.588. The quantitative estimate of drug-likeness (QED) is 0.878. The lowest BCUT2D eigenvalue weighted by molar-refractivity contribution is -0.0938. The molecule has 3 aliphatic rings. The Morgan fingerprint density at radius 1 is 1.40 bits per heavy atom. The van der Waals surface area contributed by atoms with Crippen molar-refractivity contribution in [2.24, 2.45) is 10.3 Å². The van der Waals surface area contributed by atoms with Gasteiger partial charge >= 0.3 is 0 Å². The van der Waals surface area contributed by atoms with Crippen molar-refractivity contribution in [3.63, 3.8) is 0 Å². The largest absolute Gasteiger partial charge is 0.365 e. The number of hydrazine groups is 1. The zero-order chi connectivity index (χ0) is 17.7. The van der Waals surface area contributed by atoms with E-state index in [9.17, 15) is 0 Å². The third-order valence-electron chi connectivity index (χ3n) is 4.70. The molecule has 2 atom stereocenters. The van der Waals surface area contributed by atoms with Gasteiger partial charge in [0.2, 0.25) is 0 Å². The third kappa shape index (κ3) is 3.04. The van der Waals surface area contributed by atoms with Crippen molar-refractivity contribution in [3.8, 4) is 0 Å². The summed E-state index contributed by atoms with van der Waals surface area (Å²) in [6.07, 6.45) is 6.18. The van der Waals surface area contributed by atoms with E-state index >= 15 is 0 Å². The van der Waals surface area contributed by atoms with E-state index in [4.69, 9.17) is 9.72 Å². The highest BCUT2D eigenvalue weighted by Crippen LogP contribution is 2.36. The molecule has 1 aromatic heterocycles.